The molecule has 2 amide bonds. The molecule has 1 fully saturated rings. The minimum absolute atomic E-state index is 0.0346. The van der Waals surface area contributed by atoms with Crippen molar-refractivity contribution in [3.63, 3.8) is 0 Å². The van der Waals surface area contributed by atoms with E-state index in [0.29, 0.717) is 37.7 Å². The summed E-state index contributed by atoms with van der Waals surface area (Å²) in [5, 5.41) is 3.03. The molecule has 0 atom stereocenters. The van der Waals surface area contributed by atoms with Gasteiger partial charge in [0.15, 0.2) is 0 Å². The lowest BCUT2D eigenvalue weighted by molar-refractivity contribution is 0.0801. The maximum absolute atomic E-state index is 12.3. The number of ether oxygens (including phenoxy) is 1. The second-order valence-electron chi connectivity index (χ2n) is 7.73. The molecule has 0 aliphatic carbocycles. The van der Waals surface area contributed by atoms with Gasteiger partial charge in [0.2, 0.25) is 0 Å². The van der Waals surface area contributed by atoms with Crippen molar-refractivity contribution in [3.05, 3.63) is 70.8 Å². The zero-order valence-corrected chi connectivity index (χ0v) is 17.3. The predicted molar refractivity (Wildman–Crippen MR) is 114 cm³/mol. The number of hydrogen-bond acceptors (Lipinski definition) is 3. The minimum Gasteiger partial charge on any atom is -0.445 e. The van der Waals surface area contributed by atoms with Crippen molar-refractivity contribution in [2.45, 2.75) is 39.7 Å². The highest BCUT2D eigenvalue weighted by molar-refractivity contribution is 5.94. The quantitative estimate of drug-likeness (QED) is 0.793. The number of hydrogen-bond donors (Lipinski definition) is 1. The molecule has 1 N–H and O–H groups in total. The monoisotopic (exact) mass is 394 g/mol. The van der Waals surface area contributed by atoms with Crippen LogP contribution in [0.25, 0.3) is 0 Å². The molecule has 3 rings (SSSR count). The summed E-state index contributed by atoms with van der Waals surface area (Å²) in [6, 6.07) is 15.7. The van der Waals surface area contributed by atoms with Crippen LogP contribution >= 0.6 is 0 Å². The highest BCUT2D eigenvalue weighted by Crippen LogP contribution is 2.18. The highest BCUT2D eigenvalue weighted by Gasteiger charge is 2.24. The van der Waals surface area contributed by atoms with E-state index in [9.17, 15) is 9.59 Å². The molecule has 2 aromatic carbocycles. The Bertz CT molecular complexity index is 807. The summed E-state index contributed by atoms with van der Waals surface area (Å²) in [4.78, 5) is 26.3. The lowest BCUT2D eigenvalue weighted by Crippen LogP contribution is -2.41. The molecule has 1 saturated heterocycles. The van der Waals surface area contributed by atoms with E-state index in [2.05, 4.69) is 12.2 Å². The Balaban J connectivity index is 1.37. The van der Waals surface area contributed by atoms with Crippen LogP contribution in [0.2, 0.25) is 0 Å². The van der Waals surface area contributed by atoms with Crippen molar-refractivity contribution in [3.8, 4) is 0 Å². The predicted octanol–water partition coefficient (Wildman–Crippen LogP) is 4.34. The van der Waals surface area contributed by atoms with E-state index in [1.807, 2.05) is 55.5 Å². The first-order valence-electron chi connectivity index (χ1n) is 10.4. The number of carbonyl (C=O) groups is 2. The Morgan fingerprint density at radius 1 is 1.00 bits per heavy atom. The van der Waals surface area contributed by atoms with Crippen LogP contribution in [0.4, 0.5) is 4.79 Å². The molecule has 5 heteroatoms. The molecule has 5 nitrogen and oxygen atoms in total. The topological polar surface area (TPSA) is 58.6 Å². The van der Waals surface area contributed by atoms with E-state index >= 15 is 0 Å². The van der Waals surface area contributed by atoms with E-state index in [1.54, 1.807) is 4.90 Å². The summed E-state index contributed by atoms with van der Waals surface area (Å²) >= 11 is 0. The van der Waals surface area contributed by atoms with Gasteiger partial charge >= 0.3 is 6.09 Å². The number of nitrogens with zero attached hydrogens (tertiary/aromatic N) is 1. The molecular formula is C24H30N2O3. The first kappa shape index (κ1) is 20.9. The van der Waals surface area contributed by atoms with Crippen molar-refractivity contribution < 1.29 is 14.3 Å². The van der Waals surface area contributed by atoms with Gasteiger partial charge in [-0.15, -0.1) is 0 Å². The van der Waals surface area contributed by atoms with Gasteiger partial charge in [-0.2, -0.15) is 0 Å². The molecule has 1 aliphatic heterocycles. The average molecular weight is 395 g/mol. The number of benzene rings is 2. The van der Waals surface area contributed by atoms with Gasteiger partial charge in [-0.05, 0) is 55.4 Å². The zero-order valence-electron chi connectivity index (χ0n) is 17.3. The lowest BCUT2D eigenvalue weighted by Gasteiger charge is -2.31. The number of nitrogens with one attached hydrogen (secondary N) is 1. The normalized spacial score (nSPS) is 14.5. The van der Waals surface area contributed by atoms with Crippen molar-refractivity contribution in [1.29, 1.82) is 0 Å². The van der Waals surface area contributed by atoms with E-state index in [4.69, 9.17) is 4.74 Å². The summed E-state index contributed by atoms with van der Waals surface area (Å²) in [6.45, 7) is 6.40. The van der Waals surface area contributed by atoms with Crippen molar-refractivity contribution in [2.24, 2.45) is 5.92 Å². The smallest absolute Gasteiger partial charge is 0.410 e. The molecule has 0 spiro atoms. The molecule has 0 bridgehead atoms. The van der Waals surface area contributed by atoms with E-state index in [0.717, 1.165) is 24.8 Å². The van der Waals surface area contributed by atoms with Gasteiger partial charge in [-0.25, -0.2) is 4.79 Å². The maximum Gasteiger partial charge on any atom is 0.410 e. The first-order chi connectivity index (χ1) is 14.0. The largest absolute Gasteiger partial charge is 0.445 e. The third-order valence-electron chi connectivity index (χ3n) is 5.53. The Hall–Kier alpha value is -2.82. The Morgan fingerprint density at radius 3 is 2.24 bits per heavy atom. The fraction of sp³-hybridized carbons (Fsp3) is 0.417. The molecule has 29 heavy (non-hydrogen) atoms. The van der Waals surface area contributed by atoms with E-state index in [-0.39, 0.29) is 12.0 Å². The van der Waals surface area contributed by atoms with Gasteiger partial charge in [0.05, 0.1) is 0 Å². The summed E-state index contributed by atoms with van der Waals surface area (Å²) in [7, 11) is 0. The summed E-state index contributed by atoms with van der Waals surface area (Å²) < 4.78 is 5.43. The number of carbonyl (C=O) groups excluding carboxylic acids is 2. The van der Waals surface area contributed by atoms with Crippen LogP contribution < -0.4 is 5.32 Å². The van der Waals surface area contributed by atoms with Crippen LogP contribution in [0, 0.1) is 12.8 Å². The van der Waals surface area contributed by atoms with Crippen LogP contribution in [-0.4, -0.2) is 36.5 Å². The highest BCUT2D eigenvalue weighted by atomic mass is 16.6. The third kappa shape index (κ3) is 6.08. The standard InChI is InChI=1S/C24H30N2O3/c1-3-19-8-10-22(11-9-19)23(27)25-16-20-12-14-26(15-13-20)24(28)29-17-21-6-4-18(2)5-7-21/h4-11,20H,3,12-17H2,1-2H3,(H,25,27). The maximum atomic E-state index is 12.3. The molecule has 0 radical (unpaired) electrons. The zero-order chi connectivity index (χ0) is 20.6. The fourth-order valence-corrected chi connectivity index (χ4v) is 3.47. The second-order valence-corrected chi connectivity index (χ2v) is 7.73. The Morgan fingerprint density at radius 2 is 1.62 bits per heavy atom. The van der Waals surface area contributed by atoms with Gasteiger partial charge < -0.3 is 15.0 Å². The van der Waals surface area contributed by atoms with Gasteiger partial charge in [0.25, 0.3) is 5.91 Å². The van der Waals surface area contributed by atoms with E-state index < -0.39 is 0 Å². The SMILES string of the molecule is CCc1ccc(C(=O)NCC2CCN(C(=O)OCc3ccc(C)cc3)CC2)cc1. The third-order valence-corrected chi connectivity index (χ3v) is 5.53. The van der Waals surface area contributed by atoms with Crippen LogP contribution in [0.1, 0.15) is 46.8 Å². The van der Waals surface area contributed by atoms with Gasteiger partial charge in [0, 0.05) is 25.2 Å². The molecule has 1 aliphatic rings. The number of piperidine rings is 1. The number of rotatable bonds is 6. The average Bonchev–Trinajstić information content (AvgIpc) is 2.77. The van der Waals surface area contributed by atoms with Gasteiger partial charge in [-0.3, -0.25) is 4.79 Å². The van der Waals surface area contributed by atoms with Crippen LogP contribution in [0.3, 0.4) is 0 Å². The van der Waals surface area contributed by atoms with Crippen molar-refractivity contribution in [2.75, 3.05) is 19.6 Å². The Labute approximate surface area is 173 Å². The van der Waals surface area contributed by atoms with Gasteiger partial charge in [-0.1, -0.05) is 48.9 Å². The summed E-state index contributed by atoms with van der Waals surface area (Å²) in [5.41, 5.74) is 4.10. The van der Waals surface area contributed by atoms with Crippen LogP contribution in [0.15, 0.2) is 48.5 Å². The summed E-state index contributed by atoms with van der Waals surface area (Å²) in [5.74, 6) is 0.350. The second kappa shape index (κ2) is 10.1. The van der Waals surface area contributed by atoms with Gasteiger partial charge in [0.1, 0.15) is 6.61 Å². The van der Waals surface area contributed by atoms with Crippen molar-refractivity contribution in [1.82, 2.24) is 10.2 Å². The Kier molecular flexibility index (Phi) is 7.28. The minimum atomic E-state index is -0.260. The summed E-state index contributed by atoms with van der Waals surface area (Å²) in [6.07, 6.45) is 2.45. The van der Waals surface area contributed by atoms with Crippen LogP contribution in [0.5, 0.6) is 0 Å². The molecule has 2 aromatic rings. The lowest BCUT2D eigenvalue weighted by atomic mass is 9.97. The van der Waals surface area contributed by atoms with Crippen molar-refractivity contribution >= 4 is 12.0 Å². The molecule has 0 aromatic heterocycles. The number of amides is 2. The molecule has 0 unspecified atom stereocenters. The number of likely N-dealkylation sites (tertiary alicyclic amines) is 1. The molecule has 154 valence electrons. The van der Waals surface area contributed by atoms with Crippen LogP contribution in [-0.2, 0) is 17.8 Å². The fourth-order valence-electron chi connectivity index (χ4n) is 3.47. The molecule has 1 heterocycles. The van der Waals surface area contributed by atoms with E-state index in [1.165, 1.54) is 11.1 Å². The number of aryl methyl sites for hydroxylation is 2. The first-order valence-corrected chi connectivity index (χ1v) is 10.4. The molecule has 0 saturated carbocycles. The molecular weight excluding hydrogens is 364 g/mol.